The summed E-state index contributed by atoms with van der Waals surface area (Å²) in [4.78, 5) is 28.9. The van der Waals surface area contributed by atoms with E-state index in [9.17, 15) is 19.1 Å². The van der Waals surface area contributed by atoms with Gasteiger partial charge in [0.2, 0.25) is 0 Å². The van der Waals surface area contributed by atoms with E-state index in [4.69, 9.17) is 0 Å². The number of carboxylic acid groups (broad SMARTS) is 1. The summed E-state index contributed by atoms with van der Waals surface area (Å²) in [7, 11) is 0. The topological polar surface area (TPSA) is 79.3 Å². The minimum Gasteiger partial charge on any atom is -0.481 e. The molecule has 1 amide bonds. The van der Waals surface area contributed by atoms with E-state index in [0.29, 0.717) is 22.0 Å². The highest BCUT2D eigenvalue weighted by Crippen LogP contribution is 2.28. The number of aryl methyl sites for hydroxylation is 1. The van der Waals surface area contributed by atoms with Crippen LogP contribution in [0.25, 0.3) is 10.6 Å². The van der Waals surface area contributed by atoms with Crippen molar-refractivity contribution in [3.63, 3.8) is 0 Å². The molecule has 1 unspecified atom stereocenters. The van der Waals surface area contributed by atoms with Gasteiger partial charge in [-0.3, -0.25) is 9.59 Å². The van der Waals surface area contributed by atoms with Crippen LogP contribution in [-0.2, 0) is 11.2 Å². The van der Waals surface area contributed by atoms with Crippen molar-refractivity contribution in [3.8, 4) is 10.6 Å². The quantitative estimate of drug-likeness (QED) is 0.632. The molecule has 2 N–H and O–H groups in total. The SMILES string of the molecule is Cc1nc(-c2ccc(F)cc2)sc1C(=O)NCC(Cc1ccccc1)C(=O)O. The lowest BCUT2D eigenvalue weighted by Gasteiger charge is -2.13. The molecule has 28 heavy (non-hydrogen) atoms. The highest BCUT2D eigenvalue weighted by atomic mass is 32.1. The average Bonchev–Trinajstić information content (AvgIpc) is 3.07. The lowest BCUT2D eigenvalue weighted by atomic mass is 9.99. The number of aliphatic carboxylic acids is 1. The van der Waals surface area contributed by atoms with Gasteiger partial charge in [-0.15, -0.1) is 11.3 Å². The van der Waals surface area contributed by atoms with Crippen molar-refractivity contribution in [2.24, 2.45) is 5.92 Å². The first-order valence-electron chi connectivity index (χ1n) is 8.72. The fourth-order valence-corrected chi connectivity index (χ4v) is 3.75. The molecule has 3 rings (SSSR count). The molecule has 1 heterocycles. The van der Waals surface area contributed by atoms with Crippen LogP contribution in [0.3, 0.4) is 0 Å². The number of thiazole rings is 1. The van der Waals surface area contributed by atoms with Crippen LogP contribution < -0.4 is 5.32 Å². The summed E-state index contributed by atoms with van der Waals surface area (Å²) in [5.41, 5.74) is 2.18. The third-order valence-corrected chi connectivity index (χ3v) is 5.48. The van der Waals surface area contributed by atoms with Gasteiger partial charge in [0, 0.05) is 12.1 Å². The Bertz CT molecular complexity index is 971. The molecule has 0 bridgehead atoms. The number of carbonyl (C=O) groups is 2. The fourth-order valence-electron chi connectivity index (χ4n) is 2.76. The van der Waals surface area contributed by atoms with Crippen molar-refractivity contribution in [2.45, 2.75) is 13.3 Å². The first-order valence-corrected chi connectivity index (χ1v) is 9.54. The maximum Gasteiger partial charge on any atom is 0.308 e. The Morgan fingerprint density at radius 1 is 1.14 bits per heavy atom. The number of carbonyl (C=O) groups excluding carboxylic acids is 1. The van der Waals surface area contributed by atoms with Gasteiger partial charge in [0.25, 0.3) is 5.91 Å². The number of carboxylic acids is 1. The number of benzene rings is 2. The van der Waals surface area contributed by atoms with Crippen LogP contribution in [0.2, 0.25) is 0 Å². The van der Waals surface area contributed by atoms with Gasteiger partial charge in [-0.25, -0.2) is 9.37 Å². The molecule has 2 aromatic carbocycles. The molecule has 0 saturated carbocycles. The zero-order valence-electron chi connectivity index (χ0n) is 15.2. The zero-order chi connectivity index (χ0) is 20.1. The molecule has 5 nitrogen and oxygen atoms in total. The third kappa shape index (κ3) is 4.80. The van der Waals surface area contributed by atoms with Gasteiger partial charge in [-0.05, 0) is 43.2 Å². The van der Waals surface area contributed by atoms with Gasteiger partial charge >= 0.3 is 5.97 Å². The molecule has 7 heteroatoms. The zero-order valence-corrected chi connectivity index (χ0v) is 16.0. The minimum atomic E-state index is -0.961. The van der Waals surface area contributed by atoms with E-state index in [1.54, 1.807) is 19.1 Å². The van der Waals surface area contributed by atoms with E-state index in [1.165, 1.54) is 23.5 Å². The summed E-state index contributed by atoms with van der Waals surface area (Å²) in [6.45, 7) is 1.74. The lowest BCUT2D eigenvalue weighted by Crippen LogP contribution is -2.34. The molecule has 0 spiro atoms. The number of halogens is 1. The van der Waals surface area contributed by atoms with Crippen LogP contribution in [0.5, 0.6) is 0 Å². The van der Waals surface area contributed by atoms with E-state index >= 15 is 0 Å². The second-order valence-electron chi connectivity index (χ2n) is 6.38. The van der Waals surface area contributed by atoms with E-state index in [2.05, 4.69) is 10.3 Å². The standard InChI is InChI=1S/C21H19FN2O3S/c1-13-18(28-20(24-13)15-7-9-17(22)10-8-15)19(25)23-12-16(21(26)27)11-14-5-3-2-4-6-14/h2-10,16H,11-12H2,1H3,(H,23,25)(H,26,27). The molecule has 1 atom stereocenters. The number of nitrogens with one attached hydrogen (secondary N) is 1. The van der Waals surface area contributed by atoms with Gasteiger partial charge < -0.3 is 10.4 Å². The highest BCUT2D eigenvalue weighted by molar-refractivity contribution is 7.17. The van der Waals surface area contributed by atoms with Gasteiger partial charge in [0.05, 0.1) is 11.6 Å². The summed E-state index contributed by atoms with van der Waals surface area (Å²) in [6.07, 6.45) is 0.332. The molecule has 0 aliphatic carbocycles. The van der Waals surface area contributed by atoms with Crippen molar-refractivity contribution in [1.82, 2.24) is 10.3 Å². The lowest BCUT2D eigenvalue weighted by molar-refractivity contribution is -0.141. The molecule has 1 aromatic heterocycles. The summed E-state index contributed by atoms with van der Waals surface area (Å²) < 4.78 is 13.1. The van der Waals surface area contributed by atoms with E-state index in [-0.39, 0.29) is 18.3 Å². The second-order valence-corrected chi connectivity index (χ2v) is 7.37. The van der Waals surface area contributed by atoms with Crippen LogP contribution >= 0.6 is 11.3 Å². The molecule has 0 radical (unpaired) electrons. The number of hydrogen-bond donors (Lipinski definition) is 2. The van der Waals surface area contributed by atoms with E-state index in [1.807, 2.05) is 30.3 Å². The van der Waals surface area contributed by atoms with Gasteiger partial charge in [-0.2, -0.15) is 0 Å². The molecular formula is C21H19FN2O3S. The molecule has 0 aliphatic rings. The van der Waals surface area contributed by atoms with Crippen molar-refractivity contribution in [2.75, 3.05) is 6.54 Å². The Morgan fingerprint density at radius 3 is 2.46 bits per heavy atom. The Balaban J connectivity index is 1.68. The number of amides is 1. The largest absolute Gasteiger partial charge is 0.481 e. The smallest absolute Gasteiger partial charge is 0.308 e. The minimum absolute atomic E-state index is 0.0201. The third-order valence-electron chi connectivity index (χ3n) is 4.28. The molecule has 0 fully saturated rings. The highest BCUT2D eigenvalue weighted by Gasteiger charge is 2.21. The number of nitrogens with zero attached hydrogens (tertiary/aromatic N) is 1. The van der Waals surface area contributed by atoms with Crippen LogP contribution in [0.15, 0.2) is 54.6 Å². The van der Waals surface area contributed by atoms with E-state index in [0.717, 1.165) is 11.1 Å². The predicted octanol–water partition coefficient (Wildman–Crippen LogP) is 3.93. The summed E-state index contributed by atoms with van der Waals surface area (Å²) in [5, 5.41) is 12.8. The molecular weight excluding hydrogens is 379 g/mol. The van der Waals surface area contributed by atoms with Crippen LogP contribution in [0.4, 0.5) is 4.39 Å². The molecule has 3 aromatic rings. The van der Waals surface area contributed by atoms with Crippen molar-refractivity contribution in [1.29, 1.82) is 0 Å². The molecule has 0 saturated heterocycles. The van der Waals surface area contributed by atoms with Gasteiger partial charge in [0.15, 0.2) is 0 Å². The number of aromatic nitrogens is 1. The van der Waals surface area contributed by atoms with Gasteiger partial charge in [0.1, 0.15) is 15.7 Å². The van der Waals surface area contributed by atoms with Crippen LogP contribution in [-0.4, -0.2) is 28.5 Å². The normalized spacial score (nSPS) is 11.8. The summed E-state index contributed by atoms with van der Waals surface area (Å²) >= 11 is 1.20. The number of hydrogen-bond acceptors (Lipinski definition) is 4. The second kappa shape index (κ2) is 8.75. The Kier molecular flexibility index (Phi) is 6.16. The Hall–Kier alpha value is -3.06. The van der Waals surface area contributed by atoms with Crippen LogP contribution in [0.1, 0.15) is 20.9 Å². The van der Waals surface area contributed by atoms with Crippen molar-refractivity contribution >= 4 is 23.2 Å². The summed E-state index contributed by atoms with van der Waals surface area (Å²) in [5.74, 6) is -2.39. The average molecular weight is 398 g/mol. The predicted molar refractivity (Wildman–Crippen MR) is 106 cm³/mol. The summed E-state index contributed by atoms with van der Waals surface area (Å²) in [6, 6.07) is 15.2. The van der Waals surface area contributed by atoms with Crippen LogP contribution in [0, 0.1) is 18.7 Å². The molecule has 144 valence electrons. The van der Waals surface area contributed by atoms with E-state index < -0.39 is 11.9 Å². The monoisotopic (exact) mass is 398 g/mol. The Morgan fingerprint density at radius 2 is 1.82 bits per heavy atom. The van der Waals surface area contributed by atoms with Gasteiger partial charge in [-0.1, -0.05) is 30.3 Å². The van der Waals surface area contributed by atoms with Crippen molar-refractivity contribution < 1.29 is 19.1 Å². The Labute approximate surface area is 165 Å². The molecule has 0 aliphatic heterocycles. The number of rotatable bonds is 7. The maximum atomic E-state index is 13.1. The first-order chi connectivity index (χ1) is 13.4. The maximum absolute atomic E-state index is 13.1. The fraction of sp³-hybridized carbons (Fsp3) is 0.190. The first kappa shape index (κ1) is 19.7. The van der Waals surface area contributed by atoms with Crippen molar-refractivity contribution in [3.05, 3.63) is 76.5 Å².